The van der Waals surface area contributed by atoms with E-state index in [0.717, 1.165) is 65.1 Å². The van der Waals surface area contributed by atoms with Gasteiger partial charge in [0.15, 0.2) is 0 Å². The molecule has 5 rings (SSSR count). The number of ether oxygens (including phenoxy) is 2. The summed E-state index contributed by atoms with van der Waals surface area (Å²) in [6, 6.07) is 16.5. The molecule has 1 fully saturated rings. The van der Waals surface area contributed by atoms with Crippen LogP contribution in [0, 0.1) is 0 Å². The number of aromatic nitrogens is 3. The molecular weight excluding hydrogens is 402 g/mol. The Morgan fingerprint density at radius 2 is 1.91 bits per heavy atom. The Labute approximate surface area is 187 Å². The Balaban J connectivity index is 1.49. The van der Waals surface area contributed by atoms with Crippen LogP contribution in [0.1, 0.15) is 19.8 Å². The van der Waals surface area contributed by atoms with Crippen LogP contribution in [0.3, 0.4) is 0 Å². The van der Waals surface area contributed by atoms with E-state index >= 15 is 0 Å². The van der Waals surface area contributed by atoms with E-state index in [-0.39, 0.29) is 5.54 Å². The van der Waals surface area contributed by atoms with E-state index < -0.39 is 0 Å². The van der Waals surface area contributed by atoms with Gasteiger partial charge >= 0.3 is 0 Å². The van der Waals surface area contributed by atoms with E-state index in [1.54, 1.807) is 7.11 Å². The lowest BCUT2D eigenvalue weighted by molar-refractivity contribution is 0.146. The highest BCUT2D eigenvalue weighted by molar-refractivity contribution is 5.92. The van der Waals surface area contributed by atoms with E-state index in [1.165, 1.54) is 0 Å². The van der Waals surface area contributed by atoms with Crippen LogP contribution in [-0.2, 0) is 4.74 Å². The van der Waals surface area contributed by atoms with E-state index in [1.807, 2.05) is 35.2 Å². The standard InChI is InChI=1S/C25H29N5O2/c1-25(26)10-12-29(13-11-25)22-5-3-4-18-6-9-23(28-24(18)22)30-17-27-20-16-19(7-8-21(20)30)32-15-14-31-2/h3-9,16-17H,10-15,26H2,1-2H3. The summed E-state index contributed by atoms with van der Waals surface area (Å²) in [5.41, 5.74) is 10.3. The van der Waals surface area contributed by atoms with Gasteiger partial charge in [-0.15, -0.1) is 0 Å². The van der Waals surface area contributed by atoms with Crippen molar-refractivity contribution in [3.05, 3.63) is 54.9 Å². The molecule has 4 aromatic rings. The molecule has 166 valence electrons. The van der Waals surface area contributed by atoms with Crippen molar-refractivity contribution in [1.82, 2.24) is 14.5 Å². The lowest BCUT2D eigenvalue weighted by Crippen LogP contribution is -2.48. The second-order valence-corrected chi connectivity index (χ2v) is 8.77. The number of nitrogens with two attached hydrogens (primary N) is 1. The van der Waals surface area contributed by atoms with Gasteiger partial charge in [0.1, 0.15) is 24.5 Å². The predicted octanol–water partition coefficient (Wildman–Crippen LogP) is 3.92. The quantitative estimate of drug-likeness (QED) is 0.466. The Kier molecular flexibility index (Phi) is 5.45. The summed E-state index contributed by atoms with van der Waals surface area (Å²) in [6.07, 6.45) is 3.77. The van der Waals surface area contributed by atoms with Gasteiger partial charge in [-0.3, -0.25) is 4.57 Å². The highest BCUT2D eigenvalue weighted by atomic mass is 16.5. The van der Waals surface area contributed by atoms with Gasteiger partial charge < -0.3 is 20.1 Å². The van der Waals surface area contributed by atoms with Gasteiger partial charge in [0.05, 0.1) is 28.8 Å². The number of benzene rings is 2. The molecule has 2 aromatic carbocycles. The molecule has 0 amide bonds. The second-order valence-electron chi connectivity index (χ2n) is 8.77. The van der Waals surface area contributed by atoms with Gasteiger partial charge in [0.25, 0.3) is 0 Å². The summed E-state index contributed by atoms with van der Waals surface area (Å²) >= 11 is 0. The number of methoxy groups -OCH3 is 1. The van der Waals surface area contributed by atoms with E-state index in [9.17, 15) is 0 Å². The molecule has 1 saturated heterocycles. The number of hydrogen-bond donors (Lipinski definition) is 1. The maximum atomic E-state index is 6.35. The van der Waals surface area contributed by atoms with Crippen molar-refractivity contribution in [2.75, 3.05) is 38.3 Å². The molecule has 2 N–H and O–H groups in total. The third-order valence-corrected chi connectivity index (χ3v) is 6.25. The fourth-order valence-corrected chi connectivity index (χ4v) is 4.28. The SMILES string of the molecule is COCCOc1ccc2c(c1)ncn2-c1ccc2cccc(N3CCC(C)(N)CC3)c2n1. The van der Waals surface area contributed by atoms with Crippen LogP contribution >= 0.6 is 0 Å². The first kappa shape index (κ1) is 20.7. The van der Waals surface area contributed by atoms with Crippen molar-refractivity contribution in [3.63, 3.8) is 0 Å². The zero-order chi connectivity index (χ0) is 22.1. The summed E-state index contributed by atoms with van der Waals surface area (Å²) in [7, 11) is 1.66. The monoisotopic (exact) mass is 431 g/mol. The average Bonchev–Trinajstić information content (AvgIpc) is 3.22. The second kappa shape index (κ2) is 8.41. The van der Waals surface area contributed by atoms with Crippen LogP contribution in [0.2, 0.25) is 0 Å². The van der Waals surface area contributed by atoms with Gasteiger partial charge in [-0.05, 0) is 50.1 Å². The minimum absolute atomic E-state index is 0.0818. The zero-order valence-electron chi connectivity index (χ0n) is 18.6. The predicted molar refractivity (Wildman–Crippen MR) is 128 cm³/mol. The average molecular weight is 432 g/mol. The Bertz CT molecular complexity index is 1240. The third kappa shape index (κ3) is 4.01. The van der Waals surface area contributed by atoms with Crippen LogP contribution in [0.25, 0.3) is 27.8 Å². The topological polar surface area (TPSA) is 78.4 Å². The van der Waals surface area contributed by atoms with E-state index in [4.69, 9.17) is 20.2 Å². The molecule has 2 aromatic heterocycles. The van der Waals surface area contributed by atoms with E-state index in [2.05, 4.69) is 41.1 Å². The van der Waals surface area contributed by atoms with Gasteiger partial charge in [-0.2, -0.15) is 0 Å². The fourth-order valence-electron chi connectivity index (χ4n) is 4.28. The summed E-state index contributed by atoms with van der Waals surface area (Å²) in [5.74, 6) is 1.63. The Morgan fingerprint density at radius 1 is 1.06 bits per heavy atom. The minimum Gasteiger partial charge on any atom is -0.491 e. The van der Waals surface area contributed by atoms with Gasteiger partial charge in [0, 0.05) is 37.2 Å². The first-order valence-corrected chi connectivity index (χ1v) is 11.1. The highest BCUT2D eigenvalue weighted by Gasteiger charge is 2.27. The Morgan fingerprint density at radius 3 is 2.72 bits per heavy atom. The maximum Gasteiger partial charge on any atom is 0.139 e. The van der Waals surface area contributed by atoms with Crippen molar-refractivity contribution in [1.29, 1.82) is 0 Å². The van der Waals surface area contributed by atoms with Gasteiger partial charge in [-0.1, -0.05) is 12.1 Å². The van der Waals surface area contributed by atoms with Crippen molar-refractivity contribution in [2.45, 2.75) is 25.3 Å². The maximum absolute atomic E-state index is 6.35. The number of hydrogen-bond acceptors (Lipinski definition) is 6. The smallest absolute Gasteiger partial charge is 0.139 e. The molecule has 3 heterocycles. The number of para-hydroxylation sites is 1. The van der Waals surface area contributed by atoms with Crippen molar-refractivity contribution >= 4 is 27.6 Å². The zero-order valence-corrected chi connectivity index (χ0v) is 18.6. The van der Waals surface area contributed by atoms with Gasteiger partial charge in [-0.25, -0.2) is 9.97 Å². The van der Waals surface area contributed by atoms with Crippen molar-refractivity contribution < 1.29 is 9.47 Å². The molecule has 32 heavy (non-hydrogen) atoms. The van der Waals surface area contributed by atoms with Crippen LogP contribution < -0.4 is 15.4 Å². The number of imidazole rings is 1. The third-order valence-electron chi connectivity index (χ3n) is 6.25. The molecule has 1 aliphatic rings. The lowest BCUT2D eigenvalue weighted by atomic mass is 9.90. The Hall–Kier alpha value is -3.16. The molecular formula is C25H29N5O2. The molecule has 0 radical (unpaired) electrons. The summed E-state index contributed by atoms with van der Waals surface area (Å²) < 4.78 is 12.8. The van der Waals surface area contributed by atoms with Crippen LogP contribution in [0.5, 0.6) is 5.75 Å². The number of nitrogens with zero attached hydrogens (tertiary/aromatic N) is 4. The highest BCUT2D eigenvalue weighted by Crippen LogP contribution is 2.31. The van der Waals surface area contributed by atoms with Crippen LogP contribution in [0.15, 0.2) is 54.9 Å². The number of fused-ring (bicyclic) bond motifs is 2. The first-order chi connectivity index (χ1) is 15.5. The molecule has 0 aliphatic carbocycles. The largest absolute Gasteiger partial charge is 0.491 e. The molecule has 7 nitrogen and oxygen atoms in total. The van der Waals surface area contributed by atoms with Crippen molar-refractivity contribution in [2.24, 2.45) is 5.73 Å². The van der Waals surface area contributed by atoms with Crippen LogP contribution in [-0.4, -0.2) is 53.5 Å². The lowest BCUT2D eigenvalue weighted by Gasteiger charge is -2.38. The number of piperidine rings is 1. The molecule has 1 aliphatic heterocycles. The minimum atomic E-state index is -0.0818. The first-order valence-electron chi connectivity index (χ1n) is 11.1. The molecule has 0 atom stereocenters. The fraction of sp³-hybridized carbons (Fsp3) is 0.360. The van der Waals surface area contributed by atoms with E-state index in [0.29, 0.717) is 13.2 Å². The molecule has 0 spiro atoms. The van der Waals surface area contributed by atoms with Crippen LogP contribution in [0.4, 0.5) is 5.69 Å². The molecule has 7 heteroatoms. The molecule has 0 bridgehead atoms. The number of rotatable bonds is 6. The normalized spacial score (nSPS) is 16.0. The van der Waals surface area contributed by atoms with Gasteiger partial charge in [0.2, 0.25) is 0 Å². The summed E-state index contributed by atoms with van der Waals surface area (Å²) in [4.78, 5) is 12.1. The summed E-state index contributed by atoms with van der Waals surface area (Å²) in [5, 5.41) is 1.13. The molecule has 0 unspecified atom stereocenters. The molecule has 0 saturated carbocycles. The van der Waals surface area contributed by atoms with Crippen molar-refractivity contribution in [3.8, 4) is 11.6 Å². The number of anilines is 1. The summed E-state index contributed by atoms with van der Waals surface area (Å²) in [6.45, 7) is 5.09. The number of pyridine rings is 1.